The lowest BCUT2D eigenvalue weighted by Crippen LogP contribution is -2.30. The smallest absolute Gasteiger partial charge is 0.374 e. The van der Waals surface area contributed by atoms with Crippen LogP contribution in [0, 0.1) is 0 Å². The predicted octanol–water partition coefficient (Wildman–Crippen LogP) is 3.39. The van der Waals surface area contributed by atoms with Gasteiger partial charge in [0.1, 0.15) is 0 Å². The summed E-state index contributed by atoms with van der Waals surface area (Å²) in [6, 6.07) is 3.60. The number of rotatable bonds is 0. The SMILES string of the molecule is CN1CC[C@@H](N)c2ccc(C(F)(F)F)cc21.Cl.Cl. The monoisotopic (exact) mass is 302 g/mol. The van der Waals surface area contributed by atoms with E-state index in [-0.39, 0.29) is 30.9 Å². The maximum absolute atomic E-state index is 12.5. The molecule has 1 heterocycles. The molecule has 0 aromatic heterocycles. The van der Waals surface area contributed by atoms with Crippen molar-refractivity contribution >= 4 is 30.5 Å². The molecule has 0 aliphatic carbocycles. The molecule has 1 aromatic carbocycles. The van der Waals surface area contributed by atoms with E-state index in [1.165, 1.54) is 12.1 Å². The summed E-state index contributed by atoms with van der Waals surface area (Å²) in [4.78, 5) is 1.81. The fourth-order valence-electron chi connectivity index (χ4n) is 1.97. The van der Waals surface area contributed by atoms with E-state index in [1.807, 2.05) is 4.90 Å². The highest BCUT2D eigenvalue weighted by molar-refractivity contribution is 5.85. The molecular formula is C11H15Cl2F3N2. The first-order valence-electron chi connectivity index (χ1n) is 5.07. The van der Waals surface area contributed by atoms with Crippen LogP contribution in [0.5, 0.6) is 0 Å². The second kappa shape index (κ2) is 5.99. The molecule has 0 radical (unpaired) electrons. The van der Waals surface area contributed by atoms with Crippen LogP contribution in [0.15, 0.2) is 18.2 Å². The maximum Gasteiger partial charge on any atom is 0.416 e. The Morgan fingerprint density at radius 3 is 2.44 bits per heavy atom. The van der Waals surface area contributed by atoms with Crippen molar-refractivity contribution < 1.29 is 13.2 Å². The van der Waals surface area contributed by atoms with Gasteiger partial charge in [0.15, 0.2) is 0 Å². The van der Waals surface area contributed by atoms with Gasteiger partial charge in [-0.1, -0.05) is 6.07 Å². The summed E-state index contributed by atoms with van der Waals surface area (Å²) in [5, 5.41) is 0. The fraction of sp³-hybridized carbons (Fsp3) is 0.455. The highest BCUT2D eigenvalue weighted by Crippen LogP contribution is 2.37. The van der Waals surface area contributed by atoms with Gasteiger partial charge < -0.3 is 10.6 Å². The summed E-state index contributed by atoms with van der Waals surface area (Å²) >= 11 is 0. The average Bonchev–Trinajstić information content (AvgIpc) is 2.22. The van der Waals surface area contributed by atoms with E-state index in [1.54, 1.807) is 7.05 Å². The Bertz CT molecular complexity index is 410. The van der Waals surface area contributed by atoms with Crippen LogP contribution in [0.3, 0.4) is 0 Å². The molecule has 0 saturated heterocycles. The van der Waals surface area contributed by atoms with Gasteiger partial charge in [-0.05, 0) is 24.1 Å². The van der Waals surface area contributed by atoms with Crippen molar-refractivity contribution in [3.8, 4) is 0 Å². The Morgan fingerprint density at radius 2 is 1.89 bits per heavy atom. The van der Waals surface area contributed by atoms with E-state index in [9.17, 15) is 13.2 Å². The van der Waals surface area contributed by atoms with Gasteiger partial charge >= 0.3 is 6.18 Å². The van der Waals surface area contributed by atoms with E-state index in [4.69, 9.17) is 5.73 Å². The van der Waals surface area contributed by atoms with Crippen molar-refractivity contribution in [3.05, 3.63) is 29.3 Å². The van der Waals surface area contributed by atoms with Gasteiger partial charge in [-0.3, -0.25) is 0 Å². The molecule has 0 spiro atoms. The van der Waals surface area contributed by atoms with Crippen LogP contribution < -0.4 is 10.6 Å². The standard InChI is InChI=1S/C11H13F3N2.2ClH/c1-16-5-4-9(15)8-3-2-7(6-10(8)16)11(12,13)14;;/h2-3,6,9H,4-5,15H2,1H3;2*1H/t9-;;/m1../s1. The average molecular weight is 303 g/mol. The number of hydrogen-bond acceptors (Lipinski definition) is 2. The van der Waals surface area contributed by atoms with Gasteiger partial charge in [-0.2, -0.15) is 13.2 Å². The van der Waals surface area contributed by atoms with E-state index < -0.39 is 11.7 Å². The number of benzene rings is 1. The molecule has 1 aliphatic heterocycles. The van der Waals surface area contributed by atoms with Crippen molar-refractivity contribution in [1.82, 2.24) is 0 Å². The first-order valence-corrected chi connectivity index (χ1v) is 5.07. The molecule has 7 heteroatoms. The lowest BCUT2D eigenvalue weighted by atomic mass is 9.96. The minimum atomic E-state index is -4.29. The molecule has 0 bridgehead atoms. The third-order valence-electron chi connectivity index (χ3n) is 2.94. The summed E-state index contributed by atoms with van der Waals surface area (Å²) in [7, 11) is 1.78. The number of anilines is 1. The van der Waals surface area contributed by atoms with Crippen LogP contribution >= 0.6 is 24.8 Å². The van der Waals surface area contributed by atoms with Crippen LogP contribution in [-0.2, 0) is 6.18 Å². The molecule has 1 aromatic rings. The number of halogens is 5. The Labute approximate surface area is 116 Å². The highest BCUT2D eigenvalue weighted by atomic mass is 35.5. The Morgan fingerprint density at radius 1 is 1.28 bits per heavy atom. The molecule has 1 aliphatic rings. The molecule has 2 N–H and O–H groups in total. The summed E-state index contributed by atoms with van der Waals surface area (Å²) in [5.41, 5.74) is 6.63. The first-order chi connectivity index (χ1) is 7.39. The quantitative estimate of drug-likeness (QED) is 0.796. The first kappa shape index (κ1) is 17.4. The molecule has 0 amide bonds. The second-order valence-electron chi connectivity index (χ2n) is 4.09. The molecule has 1 atom stereocenters. The van der Waals surface area contributed by atoms with Gasteiger partial charge in [0.2, 0.25) is 0 Å². The minimum absolute atomic E-state index is 0. The molecule has 104 valence electrons. The summed E-state index contributed by atoms with van der Waals surface area (Å²) in [6.45, 7) is 0.690. The molecule has 0 fully saturated rings. The van der Waals surface area contributed by atoms with E-state index in [0.29, 0.717) is 12.2 Å². The Balaban J connectivity index is 0.00000144. The van der Waals surface area contributed by atoms with Crippen LogP contribution in [-0.4, -0.2) is 13.6 Å². The van der Waals surface area contributed by atoms with E-state index in [0.717, 1.165) is 18.1 Å². The molecule has 0 saturated carbocycles. The Kier molecular flexibility index (Phi) is 5.78. The van der Waals surface area contributed by atoms with Crippen LogP contribution in [0.1, 0.15) is 23.6 Å². The lowest BCUT2D eigenvalue weighted by Gasteiger charge is -2.31. The summed E-state index contributed by atoms with van der Waals surface area (Å²) < 4.78 is 37.6. The molecule has 18 heavy (non-hydrogen) atoms. The van der Waals surface area contributed by atoms with E-state index >= 15 is 0 Å². The molecular weight excluding hydrogens is 288 g/mol. The summed E-state index contributed by atoms with van der Waals surface area (Å²) in [5.74, 6) is 0. The zero-order valence-electron chi connectivity index (χ0n) is 9.70. The fourth-order valence-corrected chi connectivity index (χ4v) is 1.97. The Hall–Kier alpha value is -0.650. The molecule has 2 rings (SSSR count). The van der Waals surface area contributed by atoms with Crippen molar-refractivity contribution in [2.45, 2.75) is 18.6 Å². The van der Waals surface area contributed by atoms with Gasteiger partial charge in [0.25, 0.3) is 0 Å². The van der Waals surface area contributed by atoms with Crippen molar-refractivity contribution in [1.29, 1.82) is 0 Å². The zero-order valence-corrected chi connectivity index (χ0v) is 11.3. The van der Waals surface area contributed by atoms with Crippen LogP contribution in [0.25, 0.3) is 0 Å². The third-order valence-corrected chi connectivity index (χ3v) is 2.94. The second-order valence-corrected chi connectivity index (χ2v) is 4.09. The number of nitrogens with zero attached hydrogens (tertiary/aromatic N) is 1. The highest BCUT2D eigenvalue weighted by Gasteiger charge is 2.32. The number of hydrogen-bond donors (Lipinski definition) is 1. The van der Waals surface area contributed by atoms with Gasteiger partial charge in [0.05, 0.1) is 5.56 Å². The van der Waals surface area contributed by atoms with Crippen LogP contribution in [0.4, 0.5) is 18.9 Å². The van der Waals surface area contributed by atoms with Crippen LogP contribution in [0.2, 0.25) is 0 Å². The largest absolute Gasteiger partial charge is 0.416 e. The van der Waals surface area contributed by atoms with Gasteiger partial charge in [0, 0.05) is 25.3 Å². The van der Waals surface area contributed by atoms with Gasteiger partial charge in [-0.15, -0.1) is 24.8 Å². The molecule has 0 unspecified atom stereocenters. The number of alkyl halides is 3. The number of fused-ring (bicyclic) bond motifs is 1. The normalized spacial score (nSPS) is 18.5. The number of nitrogens with two attached hydrogens (primary N) is 1. The minimum Gasteiger partial charge on any atom is -0.374 e. The van der Waals surface area contributed by atoms with Crippen molar-refractivity contribution in [2.24, 2.45) is 5.73 Å². The topological polar surface area (TPSA) is 29.3 Å². The predicted molar refractivity (Wildman–Crippen MR) is 70.8 cm³/mol. The lowest BCUT2D eigenvalue weighted by molar-refractivity contribution is -0.137. The van der Waals surface area contributed by atoms with E-state index in [2.05, 4.69) is 0 Å². The summed E-state index contributed by atoms with van der Waals surface area (Å²) in [6.07, 6.45) is -3.52. The molecule has 2 nitrogen and oxygen atoms in total. The van der Waals surface area contributed by atoms with Crippen molar-refractivity contribution in [2.75, 3.05) is 18.5 Å². The van der Waals surface area contributed by atoms with Gasteiger partial charge in [-0.25, -0.2) is 0 Å². The maximum atomic E-state index is 12.5. The van der Waals surface area contributed by atoms with Crippen molar-refractivity contribution in [3.63, 3.8) is 0 Å². The third kappa shape index (κ3) is 3.22. The zero-order chi connectivity index (χ0) is 11.9.